The van der Waals surface area contributed by atoms with Gasteiger partial charge in [0.15, 0.2) is 0 Å². The van der Waals surface area contributed by atoms with Crippen LogP contribution in [0.25, 0.3) is 0 Å². The molecule has 1 atom stereocenters. The summed E-state index contributed by atoms with van der Waals surface area (Å²) in [4.78, 5) is 10.9. The Morgan fingerprint density at radius 2 is 2.00 bits per heavy atom. The first-order valence-electron chi connectivity index (χ1n) is 5.36. The van der Waals surface area contributed by atoms with Gasteiger partial charge in [-0.2, -0.15) is 0 Å². The van der Waals surface area contributed by atoms with Crippen molar-refractivity contribution in [3.8, 4) is 0 Å². The summed E-state index contributed by atoms with van der Waals surface area (Å²) >= 11 is 0. The van der Waals surface area contributed by atoms with Crippen LogP contribution in [0.5, 0.6) is 0 Å². The van der Waals surface area contributed by atoms with Crippen LogP contribution in [0.2, 0.25) is 0 Å². The Morgan fingerprint density at radius 1 is 1.31 bits per heavy atom. The minimum absolute atomic E-state index is 0.0494. The molecule has 0 fully saturated rings. The lowest BCUT2D eigenvalue weighted by molar-refractivity contribution is -0.143. The minimum atomic E-state index is -0.0494. The van der Waals surface area contributed by atoms with Gasteiger partial charge in [-0.3, -0.25) is 4.79 Å². The third-order valence-corrected chi connectivity index (χ3v) is 2.33. The van der Waals surface area contributed by atoms with Crippen LogP contribution in [0.3, 0.4) is 0 Å². The molecule has 78 valence electrons. The van der Waals surface area contributed by atoms with E-state index in [4.69, 9.17) is 4.74 Å². The number of hydrogen-bond donors (Lipinski definition) is 0. The lowest BCUT2D eigenvalue weighted by Crippen LogP contribution is -2.03. The summed E-state index contributed by atoms with van der Waals surface area (Å²) in [5.74, 6) is 0.744. The van der Waals surface area contributed by atoms with E-state index < -0.39 is 0 Å². The second kappa shape index (κ2) is 8.09. The predicted octanol–water partition coefficient (Wildman–Crippen LogP) is 3.16. The van der Waals surface area contributed by atoms with Crippen molar-refractivity contribution in [1.82, 2.24) is 0 Å². The van der Waals surface area contributed by atoms with Crippen LogP contribution in [0.1, 0.15) is 52.9 Å². The number of carbonyl (C=O) groups excluding carboxylic acids is 1. The van der Waals surface area contributed by atoms with Crippen molar-refractivity contribution in [2.45, 2.75) is 52.9 Å². The number of esters is 1. The summed E-state index contributed by atoms with van der Waals surface area (Å²) in [6.45, 7) is 6.81. The standard InChI is InChI=1S/C11H22O2/c1-4-10(3)8-6-7-9-11(12)13-5-2/h10H,4-9H2,1-3H3/t10-/m1/s1. The molecule has 0 aliphatic heterocycles. The van der Waals surface area contributed by atoms with Gasteiger partial charge in [0.25, 0.3) is 0 Å². The van der Waals surface area contributed by atoms with Crippen molar-refractivity contribution in [1.29, 1.82) is 0 Å². The predicted molar refractivity (Wildman–Crippen MR) is 54.6 cm³/mol. The zero-order valence-corrected chi connectivity index (χ0v) is 9.14. The fourth-order valence-corrected chi connectivity index (χ4v) is 1.20. The highest BCUT2D eigenvalue weighted by Gasteiger charge is 2.02. The maximum Gasteiger partial charge on any atom is 0.305 e. The van der Waals surface area contributed by atoms with Crippen molar-refractivity contribution in [2.24, 2.45) is 5.92 Å². The second-order valence-electron chi connectivity index (χ2n) is 3.56. The number of rotatable bonds is 7. The molecule has 13 heavy (non-hydrogen) atoms. The Hall–Kier alpha value is -0.530. The molecule has 0 rings (SSSR count). The van der Waals surface area contributed by atoms with Crippen LogP contribution in [0.15, 0.2) is 0 Å². The molecular weight excluding hydrogens is 164 g/mol. The zero-order chi connectivity index (χ0) is 10.1. The van der Waals surface area contributed by atoms with Gasteiger partial charge in [0.2, 0.25) is 0 Å². The highest BCUT2D eigenvalue weighted by atomic mass is 16.5. The minimum Gasteiger partial charge on any atom is -0.466 e. The van der Waals surface area contributed by atoms with Gasteiger partial charge in [-0.1, -0.05) is 33.1 Å². The van der Waals surface area contributed by atoms with Crippen LogP contribution in [0, 0.1) is 5.92 Å². The molecule has 0 amide bonds. The number of hydrogen-bond acceptors (Lipinski definition) is 2. The Labute approximate surface area is 81.7 Å². The van der Waals surface area contributed by atoms with Gasteiger partial charge in [0.1, 0.15) is 0 Å². The van der Waals surface area contributed by atoms with Crippen molar-refractivity contribution in [2.75, 3.05) is 6.61 Å². The van der Waals surface area contributed by atoms with E-state index >= 15 is 0 Å². The maximum absolute atomic E-state index is 10.9. The van der Waals surface area contributed by atoms with Gasteiger partial charge in [0, 0.05) is 6.42 Å². The van der Waals surface area contributed by atoms with Gasteiger partial charge < -0.3 is 4.74 Å². The van der Waals surface area contributed by atoms with E-state index in [0.717, 1.165) is 18.8 Å². The van der Waals surface area contributed by atoms with E-state index in [1.807, 2.05) is 6.92 Å². The number of ether oxygens (including phenoxy) is 1. The van der Waals surface area contributed by atoms with Crippen LogP contribution < -0.4 is 0 Å². The summed E-state index contributed by atoms with van der Waals surface area (Å²) in [6.07, 6.45) is 5.18. The van der Waals surface area contributed by atoms with Gasteiger partial charge >= 0.3 is 5.97 Å². The average Bonchev–Trinajstić information content (AvgIpc) is 2.12. The third-order valence-electron chi connectivity index (χ3n) is 2.33. The van der Waals surface area contributed by atoms with Crippen molar-refractivity contribution in [3.05, 3.63) is 0 Å². The van der Waals surface area contributed by atoms with E-state index in [1.165, 1.54) is 12.8 Å². The van der Waals surface area contributed by atoms with Crippen LogP contribution in [-0.2, 0) is 9.53 Å². The first kappa shape index (κ1) is 12.5. The van der Waals surface area contributed by atoms with Crippen molar-refractivity contribution in [3.63, 3.8) is 0 Å². The molecule has 0 aliphatic carbocycles. The Morgan fingerprint density at radius 3 is 2.54 bits per heavy atom. The molecule has 0 aromatic rings. The molecule has 0 heterocycles. The number of carbonyl (C=O) groups is 1. The molecule has 0 saturated heterocycles. The van der Waals surface area contributed by atoms with Gasteiger partial charge in [-0.15, -0.1) is 0 Å². The quantitative estimate of drug-likeness (QED) is 0.451. The smallest absolute Gasteiger partial charge is 0.305 e. The molecule has 0 aliphatic rings. The van der Waals surface area contributed by atoms with E-state index in [1.54, 1.807) is 0 Å². The van der Waals surface area contributed by atoms with Crippen LogP contribution >= 0.6 is 0 Å². The molecule has 0 aromatic carbocycles. The molecule has 0 bridgehead atoms. The second-order valence-corrected chi connectivity index (χ2v) is 3.56. The molecule has 0 N–H and O–H groups in total. The van der Waals surface area contributed by atoms with Gasteiger partial charge in [-0.25, -0.2) is 0 Å². The normalized spacial score (nSPS) is 12.5. The van der Waals surface area contributed by atoms with Crippen molar-refractivity contribution < 1.29 is 9.53 Å². The first-order valence-corrected chi connectivity index (χ1v) is 5.36. The lowest BCUT2D eigenvalue weighted by Gasteiger charge is -2.06. The molecule has 0 spiro atoms. The molecule has 0 aromatic heterocycles. The molecular formula is C11H22O2. The van der Waals surface area contributed by atoms with E-state index in [0.29, 0.717) is 13.0 Å². The SMILES string of the molecule is CCOC(=O)CCCC[C@H](C)CC. The lowest BCUT2D eigenvalue weighted by atomic mass is 10.0. The maximum atomic E-state index is 10.9. The topological polar surface area (TPSA) is 26.3 Å². The molecule has 2 nitrogen and oxygen atoms in total. The summed E-state index contributed by atoms with van der Waals surface area (Å²) in [5, 5.41) is 0. The van der Waals surface area contributed by atoms with Crippen LogP contribution in [-0.4, -0.2) is 12.6 Å². The Bertz CT molecular complexity index is 132. The summed E-state index contributed by atoms with van der Waals surface area (Å²) < 4.78 is 4.84. The highest BCUT2D eigenvalue weighted by molar-refractivity contribution is 5.69. The van der Waals surface area contributed by atoms with Crippen molar-refractivity contribution >= 4 is 5.97 Å². The van der Waals surface area contributed by atoms with E-state index in [9.17, 15) is 4.79 Å². The average molecular weight is 186 g/mol. The first-order chi connectivity index (χ1) is 6.20. The van der Waals surface area contributed by atoms with Gasteiger partial charge in [-0.05, 0) is 19.3 Å². The fourth-order valence-electron chi connectivity index (χ4n) is 1.20. The number of unbranched alkanes of at least 4 members (excludes halogenated alkanes) is 1. The molecule has 0 radical (unpaired) electrons. The monoisotopic (exact) mass is 186 g/mol. The van der Waals surface area contributed by atoms with Gasteiger partial charge in [0.05, 0.1) is 6.61 Å². The summed E-state index contributed by atoms with van der Waals surface area (Å²) in [7, 11) is 0. The zero-order valence-electron chi connectivity index (χ0n) is 9.14. The van der Waals surface area contributed by atoms with E-state index in [2.05, 4.69) is 13.8 Å². The fraction of sp³-hybridized carbons (Fsp3) is 0.909. The highest BCUT2D eigenvalue weighted by Crippen LogP contribution is 2.12. The summed E-state index contributed by atoms with van der Waals surface area (Å²) in [6, 6.07) is 0. The third kappa shape index (κ3) is 7.82. The van der Waals surface area contributed by atoms with E-state index in [-0.39, 0.29) is 5.97 Å². The Balaban J connectivity index is 3.20. The summed E-state index contributed by atoms with van der Waals surface area (Å²) in [5.41, 5.74) is 0. The van der Waals surface area contributed by atoms with Crippen LogP contribution in [0.4, 0.5) is 0 Å². The molecule has 0 saturated carbocycles. The largest absolute Gasteiger partial charge is 0.466 e. The molecule has 2 heteroatoms. The Kier molecular flexibility index (Phi) is 7.76. The molecule has 0 unspecified atom stereocenters.